The van der Waals surface area contributed by atoms with Crippen LogP contribution in [0.4, 0.5) is 5.69 Å². The van der Waals surface area contributed by atoms with E-state index in [9.17, 15) is 4.79 Å². The first-order chi connectivity index (χ1) is 9.10. The van der Waals surface area contributed by atoms with Crippen molar-refractivity contribution < 1.29 is 4.79 Å². The number of nitrogens with one attached hydrogen (secondary N) is 2. The van der Waals surface area contributed by atoms with Gasteiger partial charge in [-0.2, -0.15) is 8.75 Å². The Bertz CT molecular complexity index is 636. The molecule has 0 saturated carbocycles. The molecule has 5 nitrogen and oxygen atoms in total. The van der Waals surface area contributed by atoms with Gasteiger partial charge in [-0.3, -0.25) is 4.79 Å². The van der Waals surface area contributed by atoms with E-state index in [0.717, 1.165) is 36.6 Å². The monoisotopic (exact) mass is 296 g/mol. The van der Waals surface area contributed by atoms with Crippen LogP contribution in [0.3, 0.4) is 0 Å². The molecule has 1 saturated heterocycles. The van der Waals surface area contributed by atoms with Crippen LogP contribution < -0.4 is 10.6 Å². The fourth-order valence-corrected chi connectivity index (χ4v) is 3.03. The van der Waals surface area contributed by atoms with Gasteiger partial charge in [0.15, 0.2) is 0 Å². The molecule has 3 rings (SSSR count). The van der Waals surface area contributed by atoms with Crippen molar-refractivity contribution in [3.05, 3.63) is 17.2 Å². The van der Waals surface area contributed by atoms with Gasteiger partial charge < -0.3 is 10.6 Å². The number of hydrogen-bond acceptors (Lipinski definition) is 5. The quantitative estimate of drug-likeness (QED) is 0.893. The highest BCUT2D eigenvalue weighted by atomic mass is 35.5. The maximum atomic E-state index is 12.4. The Morgan fingerprint density at radius 1 is 1.53 bits per heavy atom. The summed E-state index contributed by atoms with van der Waals surface area (Å²) in [7, 11) is 0. The molecule has 0 aliphatic carbocycles. The summed E-state index contributed by atoms with van der Waals surface area (Å²) < 4.78 is 8.34. The molecule has 1 aromatic heterocycles. The standard InChI is InChI=1S/C12H13ClN4OS/c1-12(5-2-6-14-12)11(18)15-9-7(13)3-4-8-10(9)17-19-16-8/h3-4,14H,2,5-6H2,1H3,(H,15,18). The third-order valence-corrected chi connectivity index (χ3v) is 4.34. The molecule has 100 valence electrons. The molecule has 1 aliphatic heterocycles. The third kappa shape index (κ3) is 2.20. The topological polar surface area (TPSA) is 66.9 Å². The Balaban J connectivity index is 1.95. The van der Waals surface area contributed by atoms with Gasteiger partial charge in [-0.15, -0.1) is 0 Å². The largest absolute Gasteiger partial charge is 0.321 e. The number of fused-ring (bicyclic) bond motifs is 1. The van der Waals surface area contributed by atoms with E-state index >= 15 is 0 Å². The van der Waals surface area contributed by atoms with E-state index in [0.29, 0.717) is 16.2 Å². The summed E-state index contributed by atoms with van der Waals surface area (Å²) in [6.45, 7) is 2.77. The first-order valence-electron chi connectivity index (χ1n) is 6.07. The van der Waals surface area contributed by atoms with Crippen molar-refractivity contribution in [2.24, 2.45) is 0 Å². The fraction of sp³-hybridized carbons (Fsp3) is 0.417. The summed E-state index contributed by atoms with van der Waals surface area (Å²) in [4.78, 5) is 12.4. The second kappa shape index (κ2) is 4.70. The number of nitrogens with zero attached hydrogens (tertiary/aromatic N) is 2. The number of aromatic nitrogens is 2. The van der Waals surface area contributed by atoms with Gasteiger partial charge in [-0.05, 0) is 38.4 Å². The summed E-state index contributed by atoms with van der Waals surface area (Å²) >= 11 is 7.27. The van der Waals surface area contributed by atoms with Gasteiger partial charge in [0.05, 0.1) is 28.0 Å². The van der Waals surface area contributed by atoms with Gasteiger partial charge in [-0.25, -0.2) is 0 Å². The average Bonchev–Trinajstić information content (AvgIpc) is 3.02. The summed E-state index contributed by atoms with van der Waals surface area (Å²) in [5, 5.41) is 6.60. The van der Waals surface area contributed by atoms with E-state index in [1.165, 1.54) is 0 Å². The normalized spacial score (nSPS) is 22.8. The number of hydrogen-bond donors (Lipinski definition) is 2. The molecule has 1 aliphatic rings. The molecule has 2 aromatic rings. The lowest BCUT2D eigenvalue weighted by atomic mass is 9.99. The van der Waals surface area contributed by atoms with E-state index in [1.807, 2.05) is 6.92 Å². The lowest BCUT2D eigenvalue weighted by Gasteiger charge is -2.23. The van der Waals surface area contributed by atoms with Crippen molar-refractivity contribution in [2.45, 2.75) is 25.3 Å². The number of benzene rings is 1. The zero-order valence-corrected chi connectivity index (χ0v) is 11.9. The Kier molecular flexibility index (Phi) is 3.16. The molecule has 0 spiro atoms. The average molecular weight is 297 g/mol. The van der Waals surface area contributed by atoms with E-state index in [2.05, 4.69) is 19.4 Å². The van der Waals surface area contributed by atoms with Crippen LogP contribution in [-0.2, 0) is 4.79 Å². The number of carbonyl (C=O) groups is 1. The Morgan fingerprint density at radius 2 is 2.37 bits per heavy atom. The number of rotatable bonds is 2. The van der Waals surface area contributed by atoms with E-state index in [-0.39, 0.29) is 5.91 Å². The molecular formula is C12H13ClN4OS. The number of carbonyl (C=O) groups excluding carboxylic acids is 1. The van der Waals surface area contributed by atoms with E-state index in [4.69, 9.17) is 11.6 Å². The van der Waals surface area contributed by atoms with Gasteiger partial charge >= 0.3 is 0 Å². The van der Waals surface area contributed by atoms with Crippen molar-refractivity contribution in [1.82, 2.24) is 14.1 Å². The minimum Gasteiger partial charge on any atom is -0.321 e. The van der Waals surface area contributed by atoms with Crippen molar-refractivity contribution >= 4 is 46.0 Å². The zero-order chi connectivity index (χ0) is 13.5. The highest BCUT2D eigenvalue weighted by molar-refractivity contribution is 7.00. The van der Waals surface area contributed by atoms with Crippen LogP contribution in [0.1, 0.15) is 19.8 Å². The van der Waals surface area contributed by atoms with Crippen LogP contribution in [0.5, 0.6) is 0 Å². The van der Waals surface area contributed by atoms with Gasteiger partial charge in [0.25, 0.3) is 0 Å². The minimum atomic E-state index is -0.533. The lowest BCUT2D eigenvalue weighted by Crippen LogP contribution is -2.48. The fourth-order valence-electron chi connectivity index (χ4n) is 2.29. The molecule has 2 heterocycles. The minimum absolute atomic E-state index is 0.0765. The lowest BCUT2D eigenvalue weighted by molar-refractivity contribution is -0.121. The Hall–Kier alpha value is -1.24. The smallest absolute Gasteiger partial charge is 0.244 e. The molecule has 1 fully saturated rings. The molecule has 1 amide bonds. The number of halogens is 1. The van der Waals surface area contributed by atoms with Crippen molar-refractivity contribution in [3.8, 4) is 0 Å². The summed E-state index contributed by atoms with van der Waals surface area (Å²) in [5.74, 6) is -0.0765. The summed E-state index contributed by atoms with van der Waals surface area (Å²) in [5.41, 5.74) is 1.41. The molecule has 1 atom stereocenters. The molecule has 19 heavy (non-hydrogen) atoms. The molecule has 0 bridgehead atoms. The Labute approximate surface area is 119 Å². The molecular weight excluding hydrogens is 284 g/mol. The van der Waals surface area contributed by atoms with Crippen LogP contribution in [0.2, 0.25) is 5.02 Å². The van der Waals surface area contributed by atoms with Crippen LogP contribution >= 0.6 is 23.3 Å². The van der Waals surface area contributed by atoms with Crippen molar-refractivity contribution in [3.63, 3.8) is 0 Å². The summed E-state index contributed by atoms with van der Waals surface area (Å²) in [6, 6.07) is 3.53. The van der Waals surface area contributed by atoms with Gasteiger partial charge in [0, 0.05) is 0 Å². The molecule has 7 heteroatoms. The third-order valence-electron chi connectivity index (χ3n) is 3.49. The maximum absolute atomic E-state index is 12.4. The van der Waals surface area contributed by atoms with Gasteiger partial charge in [-0.1, -0.05) is 11.6 Å². The molecule has 1 unspecified atom stereocenters. The van der Waals surface area contributed by atoms with Crippen LogP contribution in [0, 0.1) is 0 Å². The first kappa shape index (κ1) is 12.8. The zero-order valence-electron chi connectivity index (χ0n) is 10.4. The predicted molar refractivity (Wildman–Crippen MR) is 76.7 cm³/mol. The molecule has 2 N–H and O–H groups in total. The molecule has 0 radical (unpaired) electrons. The maximum Gasteiger partial charge on any atom is 0.244 e. The van der Waals surface area contributed by atoms with Gasteiger partial charge in [0.1, 0.15) is 11.0 Å². The second-order valence-corrected chi connectivity index (χ2v) is 5.81. The SMILES string of the molecule is CC1(C(=O)Nc2c(Cl)ccc3nsnc23)CCCN1. The van der Waals surface area contributed by atoms with Crippen molar-refractivity contribution in [1.29, 1.82) is 0 Å². The number of amides is 1. The van der Waals surface area contributed by atoms with E-state index < -0.39 is 5.54 Å². The second-order valence-electron chi connectivity index (χ2n) is 4.87. The number of anilines is 1. The van der Waals surface area contributed by atoms with E-state index in [1.54, 1.807) is 12.1 Å². The Morgan fingerprint density at radius 3 is 3.11 bits per heavy atom. The van der Waals surface area contributed by atoms with Crippen LogP contribution in [0.25, 0.3) is 11.0 Å². The highest BCUT2D eigenvalue weighted by Gasteiger charge is 2.36. The van der Waals surface area contributed by atoms with Crippen LogP contribution in [-0.4, -0.2) is 26.7 Å². The summed E-state index contributed by atoms with van der Waals surface area (Å²) in [6.07, 6.45) is 1.82. The first-order valence-corrected chi connectivity index (χ1v) is 7.18. The predicted octanol–water partition coefficient (Wildman–Crippen LogP) is 2.43. The van der Waals surface area contributed by atoms with Gasteiger partial charge in [0.2, 0.25) is 5.91 Å². The van der Waals surface area contributed by atoms with Crippen LogP contribution in [0.15, 0.2) is 12.1 Å². The highest BCUT2D eigenvalue weighted by Crippen LogP contribution is 2.31. The van der Waals surface area contributed by atoms with Crippen molar-refractivity contribution in [2.75, 3.05) is 11.9 Å². The molecule has 1 aromatic carbocycles.